The van der Waals surface area contributed by atoms with Crippen LogP contribution in [-0.2, 0) is 12.8 Å². The number of nitrogens with zero attached hydrogens (tertiary/aromatic N) is 2. The first-order valence-electron chi connectivity index (χ1n) is 7.37. The highest BCUT2D eigenvalue weighted by atomic mass is 16.5. The molecule has 0 spiro atoms. The number of aliphatic hydroxyl groups excluding tert-OH is 1. The van der Waals surface area contributed by atoms with Gasteiger partial charge in [-0.3, -0.25) is 0 Å². The van der Waals surface area contributed by atoms with E-state index in [-0.39, 0.29) is 12.0 Å². The summed E-state index contributed by atoms with van der Waals surface area (Å²) >= 11 is 0. The predicted molar refractivity (Wildman–Crippen MR) is 75.4 cm³/mol. The Morgan fingerprint density at radius 3 is 2.70 bits per heavy atom. The van der Waals surface area contributed by atoms with Gasteiger partial charge in [0.2, 0.25) is 5.89 Å². The summed E-state index contributed by atoms with van der Waals surface area (Å²) in [6.07, 6.45) is 5.36. The smallest absolute Gasteiger partial charge is 0.232 e. The summed E-state index contributed by atoms with van der Waals surface area (Å²) in [5.41, 5.74) is 1.27. The molecule has 106 valence electrons. The van der Waals surface area contributed by atoms with Crippen LogP contribution >= 0.6 is 0 Å². The van der Waals surface area contributed by atoms with Gasteiger partial charge in [0.05, 0.1) is 12.0 Å². The van der Waals surface area contributed by atoms with Crippen molar-refractivity contribution in [3.05, 3.63) is 47.6 Å². The standard InChI is InChI=1S/C16H20N2O2/c19-14-9-5-4-8-13(14)16-17-15(18-20-16)11-10-12-6-2-1-3-7-12/h1-3,6-7,13-14,19H,4-5,8-11H2. The zero-order chi connectivity index (χ0) is 13.8. The molecule has 2 aromatic rings. The quantitative estimate of drug-likeness (QED) is 0.929. The van der Waals surface area contributed by atoms with Crippen molar-refractivity contribution in [1.82, 2.24) is 10.1 Å². The van der Waals surface area contributed by atoms with E-state index in [0.29, 0.717) is 5.89 Å². The molecule has 1 aliphatic carbocycles. The minimum atomic E-state index is -0.328. The van der Waals surface area contributed by atoms with Crippen LogP contribution in [0, 0.1) is 0 Å². The molecule has 0 aliphatic heterocycles. The Bertz CT molecular complexity index is 538. The molecule has 4 nitrogen and oxygen atoms in total. The van der Waals surface area contributed by atoms with Gasteiger partial charge in [-0.25, -0.2) is 0 Å². The van der Waals surface area contributed by atoms with E-state index in [2.05, 4.69) is 22.3 Å². The fraction of sp³-hybridized carbons (Fsp3) is 0.500. The van der Waals surface area contributed by atoms with Crippen molar-refractivity contribution in [1.29, 1.82) is 0 Å². The number of hydrogen-bond donors (Lipinski definition) is 1. The molecule has 3 rings (SSSR count). The van der Waals surface area contributed by atoms with Gasteiger partial charge in [-0.05, 0) is 24.8 Å². The zero-order valence-electron chi connectivity index (χ0n) is 11.5. The number of aromatic nitrogens is 2. The molecule has 1 saturated carbocycles. The first kappa shape index (κ1) is 13.3. The van der Waals surface area contributed by atoms with E-state index in [9.17, 15) is 5.11 Å². The van der Waals surface area contributed by atoms with Crippen LogP contribution in [0.1, 0.15) is 48.9 Å². The van der Waals surface area contributed by atoms with Crippen molar-refractivity contribution in [3.8, 4) is 0 Å². The van der Waals surface area contributed by atoms with Gasteiger partial charge in [0.25, 0.3) is 0 Å². The van der Waals surface area contributed by atoms with Gasteiger partial charge in [-0.2, -0.15) is 4.98 Å². The minimum absolute atomic E-state index is 0.0294. The average Bonchev–Trinajstić information content (AvgIpc) is 2.95. The number of rotatable bonds is 4. The molecule has 1 aromatic heterocycles. The first-order valence-corrected chi connectivity index (χ1v) is 7.37. The van der Waals surface area contributed by atoms with E-state index in [1.807, 2.05) is 18.2 Å². The summed E-state index contributed by atoms with van der Waals surface area (Å²) in [7, 11) is 0. The highest BCUT2D eigenvalue weighted by Gasteiger charge is 2.29. The Labute approximate surface area is 118 Å². The second kappa shape index (κ2) is 6.18. The lowest BCUT2D eigenvalue weighted by molar-refractivity contribution is 0.0908. The monoisotopic (exact) mass is 272 g/mol. The maximum Gasteiger partial charge on any atom is 0.232 e. The van der Waals surface area contributed by atoms with Crippen LogP contribution in [0.15, 0.2) is 34.9 Å². The molecule has 0 radical (unpaired) electrons. The van der Waals surface area contributed by atoms with Crippen LogP contribution in [0.25, 0.3) is 0 Å². The predicted octanol–water partition coefficient (Wildman–Crippen LogP) is 2.87. The molecule has 1 aromatic carbocycles. The Balaban J connectivity index is 1.62. The third-order valence-corrected chi connectivity index (χ3v) is 4.01. The molecule has 1 N–H and O–H groups in total. The maximum atomic E-state index is 10.0. The lowest BCUT2D eigenvalue weighted by atomic mass is 9.86. The number of hydrogen-bond acceptors (Lipinski definition) is 4. The van der Waals surface area contributed by atoms with Gasteiger partial charge >= 0.3 is 0 Å². The third-order valence-electron chi connectivity index (χ3n) is 4.01. The van der Waals surface area contributed by atoms with Gasteiger partial charge in [-0.1, -0.05) is 48.3 Å². The van der Waals surface area contributed by atoms with Gasteiger partial charge in [0.15, 0.2) is 5.82 Å². The van der Waals surface area contributed by atoms with Gasteiger partial charge in [-0.15, -0.1) is 0 Å². The summed E-state index contributed by atoms with van der Waals surface area (Å²) in [5.74, 6) is 1.38. The maximum absolute atomic E-state index is 10.0. The molecule has 2 atom stereocenters. The van der Waals surface area contributed by atoms with Crippen LogP contribution in [0.2, 0.25) is 0 Å². The summed E-state index contributed by atoms with van der Waals surface area (Å²) < 4.78 is 5.34. The van der Waals surface area contributed by atoms with E-state index < -0.39 is 0 Å². The van der Waals surface area contributed by atoms with E-state index in [0.717, 1.165) is 44.3 Å². The number of aryl methyl sites for hydroxylation is 2. The van der Waals surface area contributed by atoms with Crippen LogP contribution in [-0.4, -0.2) is 21.4 Å². The van der Waals surface area contributed by atoms with Crippen molar-refractivity contribution in [3.63, 3.8) is 0 Å². The molecule has 1 aliphatic rings. The van der Waals surface area contributed by atoms with Gasteiger partial charge in [0.1, 0.15) is 0 Å². The lowest BCUT2D eigenvalue weighted by Crippen LogP contribution is -2.22. The summed E-state index contributed by atoms with van der Waals surface area (Å²) in [5, 5.41) is 14.1. The summed E-state index contributed by atoms with van der Waals surface area (Å²) in [6, 6.07) is 10.3. The Morgan fingerprint density at radius 2 is 1.90 bits per heavy atom. The van der Waals surface area contributed by atoms with Crippen LogP contribution in [0.5, 0.6) is 0 Å². The number of aliphatic hydroxyl groups is 1. The topological polar surface area (TPSA) is 59.2 Å². The molecular formula is C16H20N2O2. The molecule has 0 bridgehead atoms. The Morgan fingerprint density at radius 1 is 1.10 bits per heavy atom. The molecule has 1 fully saturated rings. The summed E-state index contributed by atoms with van der Waals surface area (Å²) in [4.78, 5) is 4.46. The van der Waals surface area contributed by atoms with Crippen molar-refractivity contribution in [2.75, 3.05) is 0 Å². The second-order valence-electron chi connectivity index (χ2n) is 5.49. The van der Waals surface area contributed by atoms with Crippen molar-refractivity contribution < 1.29 is 9.63 Å². The minimum Gasteiger partial charge on any atom is -0.392 e. The highest BCUT2D eigenvalue weighted by molar-refractivity contribution is 5.15. The molecule has 0 amide bonds. The second-order valence-corrected chi connectivity index (χ2v) is 5.49. The van der Waals surface area contributed by atoms with Crippen molar-refractivity contribution >= 4 is 0 Å². The Kier molecular flexibility index (Phi) is 4.11. The third kappa shape index (κ3) is 3.07. The highest BCUT2D eigenvalue weighted by Crippen LogP contribution is 2.32. The van der Waals surface area contributed by atoms with E-state index >= 15 is 0 Å². The molecule has 4 heteroatoms. The molecule has 0 saturated heterocycles. The first-order chi connectivity index (χ1) is 9.83. The van der Waals surface area contributed by atoms with E-state index in [1.54, 1.807) is 0 Å². The van der Waals surface area contributed by atoms with E-state index in [4.69, 9.17) is 4.52 Å². The molecule has 20 heavy (non-hydrogen) atoms. The Hall–Kier alpha value is -1.68. The average molecular weight is 272 g/mol. The van der Waals surface area contributed by atoms with Crippen LogP contribution in [0.3, 0.4) is 0 Å². The SMILES string of the molecule is OC1CCCCC1c1nc(CCc2ccccc2)no1. The summed E-state index contributed by atoms with van der Waals surface area (Å²) in [6.45, 7) is 0. The van der Waals surface area contributed by atoms with Gasteiger partial charge < -0.3 is 9.63 Å². The fourth-order valence-corrected chi connectivity index (χ4v) is 2.82. The van der Waals surface area contributed by atoms with E-state index in [1.165, 1.54) is 5.56 Å². The molecular weight excluding hydrogens is 252 g/mol. The largest absolute Gasteiger partial charge is 0.392 e. The number of benzene rings is 1. The fourth-order valence-electron chi connectivity index (χ4n) is 2.82. The van der Waals surface area contributed by atoms with Crippen LogP contribution in [0.4, 0.5) is 0 Å². The normalized spacial score (nSPS) is 22.9. The lowest BCUT2D eigenvalue weighted by Gasteiger charge is -2.24. The van der Waals surface area contributed by atoms with Crippen molar-refractivity contribution in [2.45, 2.75) is 50.5 Å². The van der Waals surface area contributed by atoms with Gasteiger partial charge in [0, 0.05) is 6.42 Å². The van der Waals surface area contributed by atoms with Crippen LogP contribution < -0.4 is 0 Å². The molecule has 1 heterocycles. The van der Waals surface area contributed by atoms with Crippen molar-refractivity contribution in [2.24, 2.45) is 0 Å². The molecule has 2 unspecified atom stereocenters. The zero-order valence-corrected chi connectivity index (χ0v) is 11.5.